The first-order valence-electron chi connectivity index (χ1n) is 5.90. The summed E-state index contributed by atoms with van der Waals surface area (Å²) in [7, 11) is 1.26. The number of hydrogen-bond acceptors (Lipinski definition) is 4. The Morgan fingerprint density at radius 2 is 2.00 bits per heavy atom. The van der Waals surface area contributed by atoms with Gasteiger partial charge in [0.05, 0.1) is 12.7 Å². The predicted octanol–water partition coefficient (Wildman–Crippen LogP) is 1.56. The van der Waals surface area contributed by atoms with Crippen LogP contribution >= 0.6 is 0 Å². The van der Waals surface area contributed by atoms with Gasteiger partial charge in [-0.3, -0.25) is 9.59 Å². The largest absolute Gasteiger partial charge is 0.465 e. The van der Waals surface area contributed by atoms with Crippen molar-refractivity contribution in [1.82, 2.24) is 4.57 Å². The quantitative estimate of drug-likeness (QED) is 0.602. The lowest BCUT2D eigenvalue weighted by Crippen LogP contribution is -2.30. The molecule has 5 heteroatoms. The fourth-order valence-electron chi connectivity index (χ4n) is 2.06. The van der Waals surface area contributed by atoms with E-state index in [1.54, 1.807) is 0 Å². The second-order valence-corrected chi connectivity index (χ2v) is 4.48. The number of carbonyl (C=O) groups excluding carboxylic acids is 2. The lowest BCUT2D eigenvalue weighted by atomic mass is 9.92. The van der Waals surface area contributed by atoms with Gasteiger partial charge in [-0.05, 0) is 26.2 Å². The van der Waals surface area contributed by atoms with Crippen LogP contribution in [0.15, 0.2) is 17.1 Å². The molecule has 96 valence electrons. The lowest BCUT2D eigenvalue weighted by molar-refractivity contribution is 0.0595. The maximum atomic E-state index is 11.9. The third-order valence-electron chi connectivity index (χ3n) is 3.33. The molecule has 1 saturated carbocycles. The molecule has 0 bridgehead atoms. The van der Waals surface area contributed by atoms with Crippen LogP contribution in [0.25, 0.3) is 0 Å². The minimum Gasteiger partial charge on any atom is -0.465 e. The molecule has 0 unspecified atom stereocenters. The molecule has 0 aromatic carbocycles. The van der Waals surface area contributed by atoms with E-state index in [1.165, 1.54) is 30.9 Å². The Hall–Kier alpha value is -1.91. The van der Waals surface area contributed by atoms with Crippen LogP contribution in [0.3, 0.4) is 0 Å². The van der Waals surface area contributed by atoms with Crippen LogP contribution in [0.2, 0.25) is 0 Å². The Morgan fingerprint density at radius 1 is 1.33 bits per heavy atom. The summed E-state index contributed by atoms with van der Waals surface area (Å²) in [5.74, 6) is -0.901. The number of esters is 1. The van der Waals surface area contributed by atoms with Crippen molar-refractivity contribution in [3.05, 3.63) is 33.7 Å². The zero-order valence-electron chi connectivity index (χ0n) is 10.4. The SMILES string of the molecule is COC(=O)c1cn(C2CCC2)c(=O)cc1C(C)=O. The fourth-order valence-corrected chi connectivity index (χ4v) is 2.06. The van der Waals surface area contributed by atoms with Gasteiger partial charge in [-0.1, -0.05) is 0 Å². The van der Waals surface area contributed by atoms with Crippen LogP contribution in [0, 0.1) is 0 Å². The molecule has 0 N–H and O–H groups in total. The van der Waals surface area contributed by atoms with Crippen LogP contribution in [-0.2, 0) is 4.74 Å². The van der Waals surface area contributed by atoms with Crippen molar-refractivity contribution < 1.29 is 14.3 Å². The average Bonchev–Trinajstić information content (AvgIpc) is 2.27. The number of rotatable bonds is 3. The van der Waals surface area contributed by atoms with Crippen LogP contribution in [-0.4, -0.2) is 23.4 Å². The number of carbonyl (C=O) groups is 2. The molecule has 1 aromatic rings. The third-order valence-corrected chi connectivity index (χ3v) is 3.33. The monoisotopic (exact) mass is 249 g/mol. The first-order valence-corrected chi connectivity index (χ1v) is 5.90. The summed E-state index contributed by atoms with van der Waals surface area (Å²) in [5, 5.41) is 0. The van der Waals surface area contributed by atoms with Crippen LogP contribution in [0.1, 0.15) is 52.9 Å². The van der Waals surface area contributed by atoms with Crippen molar-refractivity contribution in [2.75, 3.05) is 7.11 Å². The van der Waals surface area contributed by atoms with E-state index in [1.807, 2.05) is 0 Å². The molecule has 0 spiro atoms. The summed E-state index contributed by atoms with van der Waals surface area (Å²) in [4.78, 5) is 35.0. The molecular formula is C13H15NO4. The van der Waals surface area contributed by atoms with Gasteiger partial charge in [0.1, 0.15) is 0 Å². The number of nitrogens with zero attached hydrogens (tertiary/aromatic N) is 1. The summed E-state index contributed by atoms with van der Waals surface area (Å²) in [5.41, 5.74) is 0.0523. The van der Waals surface area contributed by atoms with Crippen molar-refractivity contribution in [2.24, 2.45) is 0 Å². The Labute approximate surface area is 104 Å². The second kappa shape index (κ2) is 4.76. The van der Waals surface area contributed by atoms with E-state index >= 15 is 0 Å². The van der Waals surface area contributed by atoms with Gasteiger partial charge in [0, 0.05) is 23.9 Å². The smallest absolute Gasteiger partial charge is 0.340 e. The first kappa shape index (κ1) is 12.5. The standard InChI is InChI=1S/C13H15NO4/c1-8(15)10-6-12(16)14(9-4-3-5-9)7-11(10)13(17)18-2/h6-7,9H,3-5H2,1-2H3. The van der Waals surface area contributed by atoms with Crippen molar-refractivity contribution in [2.45, 2.75) is 32.2 Å². The number of pyridine rings is 1. The Kier molecular flexibility index (Phi) is 3.32. The fraction of sp³-hybridized carbons (Fsp3) is 0.462. The van der Waals surface area contributed by atoms with Crippen molar-refractivity contribution in [3.8, 4) is 0 Å². The van der Waals surface area contributed by atoms with Gasteiger partial charge in [0.25, 0.3) is 5.56 Å². The van der Waals surface area contributed by atoms with Gasteiger partial charge >= 0.3 is 5.97 Å². The highest BCUT2D eigenvalue weighted by Crippen LogP contribution is 2.30. The van der Waals surface area contributed by atoms with Gasteiger partial charge in [-0.15, -0.1) is 0 Å². The van der Waals surface area contributed by atoms with Crippen LogP contribution < -0.4 is 5.56 Å². The van der Waals surface area contributed by atoms with E-state index in [-0.39, 0.29) is 28.5 Å². The summed E-state index contributed by atoms with van der Waals surface area (Å²) in [6.45, 7) is 1.33. The first-order chi connectivity index (χ1) is 8.54. The summed E-state index contributed by atoms with van der Waals surface area (Å²) >= 11 is 0. The minimum atomic E-state index is -0.590. The zero-order chi connectivity index (χ0) is 13.3. The van der Waals surface area contributed by atoms with E-state index in [0.717, 1.165) is 19.3 Å². The van der Waals surface area contributed by atoms with Gasteiger partial charge < -0.3 is 9.30 Å². The highest BCUT2D eigenvalue weighted by atomic mass is 16.5. The van der Waals surface area contributed by atoms with E-state index in [0.29, 0.717) is 0 Å². The summed E-state index contributed by atoms with van der Waals surface area (Å²) < 4.78 is 6.18. The molecular weight excluding hydrogens is 234 g/mol. The molecule has 0 amide bonds. The van der Waals surface area contributed by atoms with Crippen molar-refractivity contribution >= 4 is 11.8 Å². The molecule has 0 radical (unpaired) electrons. The highest BCUT2D eigenvalue weighted by Gasteiger charge is 2.24. The predicted molar refractivity (Wildman–Crippen MR) is 64.9 cm³/mol. The van der Waals surface area contributed by atoms with E-state index in [2.05, 4.69) is 4.74 Å². The van der Waals surface area contributed by atoms with Gasteiger partial charge in [-0.25, -0.2) is 4.79 Å². The summed E-state index contributed by atoms with van der Waals surface area (Å²) in [6.07, 6.45) is 4.40. The maximum Gasteiger partial charge on any atom is 0.340 e. The molecule has 1 heterocycles. The number of Topliss-reactive ketones (excluding diaryl/α,β-unsaturated/α-hetero) is 1. The van der Waals surface area contributed by atoms with E-state index in [4.69, 9.17) is 0 Å². The Balaban J connectivity index is 2.56. The van der Waals surface area contributed by atoms with E-state index < -0.39 is 5.97 Å². The van der Waals surface area contributed by atoms with Crippen molar-refractivity contribution in [1.29, 1.82) is 0 Å². The molecule has 0 atom stereocenters. The molecule has 5 nitrogen and oxygen atoms in total. The topological polar surface area (TPSA) is 65.4 Å². The molecule has 1 fully saturated rings. The third kappa shape index (κ3) is 2.08. The minimum absolute atomic E-state index is 0.127. The number of aromatic nitrogens is 1. The van der Waals surface area contributed by atoms with Crippen LogP contribution in [0.5, 0.6) is 0 Å². The van der Waals surface area contributed by atoms with Gasteiger partial charge in [0.2, 0.25) is 0 Å². The van der Waals surface area contributed by atoms with E-state index in [9.17, 15) is 14.4 Å². The Morgan fingerprint density at radius 3 is 2.44 bits per heavy atom. The molecule has 0 aliphatic heterocycles. The zero-order valence-corrected chi connectivity index (χ0v) is 10.4. The normalized spacial score (nSPS) is 15.0. The van der Waals surface area contributed by atoms with Crippen molar-refractivity contribution in [3.63, 3.8) is 0 Å². The molecule has 1 aromatic heterocycles. The molecule has 0 saturated heterocycles. The van der Waals surface area contributed by atoms with Gasteiger partial charge in [-0.2, -0.15) is 0 Å². The summed E-state index contributed by atoms with van der Waals surface area (Å²) in [6, 6.07) is 1.37. The molecule has 2 rings (SSSR count). The molecule has 18 heavy (non-hydrogen) atoms. The molecule has 1 aliphatic rings. The van der Waals surface area contributed by atoms with Gasteiger partial charge in [0.15, 0.2) is 5.78 Å². The highest BCUT2D eigenvalue weighted by molar-refractivity contribution is 6.05. The van der Waals surface area contributed by atoms with Crippen LogP contribution in [0.4, 0.5) is 0 Å². The lowest BCUT2D eigenvalue weighted by Gasteiger charge is -2.28. The number of ketones is 1. The number of ether oxygens (including phenoxy) is 1. The second-order valence-electron chi connectivity index (χ2n) is 4.48. The number of methoxy groups -OCH3 is 1. The average molecular weight is 249 g/mol. The maximum absolute atomic E-state index is 11.9. The molecule has 1 aliphatic carbocycles. The Bertz CT molecular complexity index is 555. The number of hydrogen-bond donors (Lipinski definition) is 0.